The average molecular weight is 334 g/mol. The van der Waals surface area contributed by atoms with Gasteiger partial charge < -0.3 is 19.7 Å². The lowest BCUT2D eigenvalue weighted by Crippen LogP contribution is -2.50. The van der Waals surface area contributed by atoms with Gasteiger partial charge in [0.2, 0.25) is 5.91 Å². The van der Waals surface area contributed by atoms with Crippen LogP contribution in [0.2, 0.25) is 0 Å². The van der Waals surface area contributed by atoms with Crippen LogP contribution in [0.4, 0.5) is 0 Å². The smallest absolute Gasteiger partial charge is 0.230 e. The van der Waals surface area contributed by atoms with Crippen LogP contribution in [0.1, 0.15) is 24.8 Å². The molecule has 24 heavy (non-hydrogen) atoms. The highest BCUT2D eigenvalue weighted by molar-refractivity contribution is 5.82. The molecule has 0 saturated carbocycles. The number of carbonyl (C=O) groups is 1. The number of benzene rings is 1. The summed E-state index contributed by atoms with van der Waals surface area (Å²) in [5, 5.41) is 3.33. The minimum atomic E-state index is -0.352. The third-order valence-corrected chi connectivity index (χ3v) is 4.90. The molecule has 1 aliphatic rings. The molecule has 0 bridgehead atoms. The second-order valence-corrected chi connectivity index (χ2v) is 6.64. The van der Waals surface area contributed by atoms with Crippen LogP contribution < -0.4 is 10.1 Å². The van der Waals surface area contributed by atoms with Gasteiger partial charge in [-0.2, -0.15) is 0 Å². The maximum Gasteiger partial charge on any atom is 0.230 e. The Bertz CT molecular complexity index is 504. The summed E-state index contributed by atoms with van der Waals surface area (Å²) in [5.74, 6) is 1.10. The predicted octanol–water partition coefficient (Wildman–Crippen LogP) is 2.10. The van der Waals surface area contributed by atoms with Gasteiger partial charge in [0.15, 0.2) is 0 Å². The SMILES string of the molecule is COCC1(C(=O)N(C)CCCc2ccc(OC)cc2)CCNCC1. The number of carbonyl (C=O) groups excluding carboxylic acids is 1. The molecule has 0 aromatic heterocycles. The number of methoxy groups -OCH3 is 2. The molecular formula is C19H30N2O3. The summed E-state index contributed by atoms with van der Waals surface area (Å²) in [5.41, 5.74) is 0.916. The highest BCUT2D eigenvalue weighted by Gasteiger charge is 2.41. The van der Waals surface area contributed by atoms with E-state index in [1.807, 2.05) is 24.1 Å². The van der Waals surface area contributed by atoms with E-state index in [1.54, 1.807) is 14.2 Å². The average Bonchev–Trinajstić information content (AvgIpc) is 2.62. The van der Waals surface area contributed by atoms with E-state index >= 15 is 0 Å². The molecule has 1 heterocycles. The molecule has 5 heteroatoms. The molecule has 1 aromatic rings. The monoisotopic (exact) mass is 334 g/mol. The van der Waals surface area contributed by atoms with Crippen molar-refractivity contribution >= 4 is 5.91 Å². The van der Waals surface area contributed by atoms with E-state index in [9.17, 15) is 4.79 Å². The first-order valence-corrected chi connectivity index (χ1v) is 8.69. The topological polar surface area (TPSA) is 50.8 Å². The molecule has 5 nitrogen and oxygen atoms in total. The molecule has 1 aromatic carbocycles. The van der Waals surface area contributed by atoms with Crippen molar-refractivity contribution in [3.05, 3.63) is 29.8 Å². The van der Waals surface area contributed by atoms with Crippen LogP contribution in [0.3, 0.4) is 0 Å². The summed E-state index contributed by atoms with van der Waals surface area (Å²) in [6.45, 7) is 3.05. The van der Waals surface area contributed by atoms with Crippen LogP contribution in [0.15, 0.2) is 24.3 Å². The fraction of sp³-hybridized carbons (Fsp3) is 0.632. The van der Waals surface area contributed by atoms with Gasteiger partial charge in [-0.1, -0.05) is 12.1 Å². The summed E-state index contributed by atoms with van der Waals surface area (Å²) in [4.78, 5) is 14.8. The highest BCUT2D eigenvalue weighted by Crippen LogP contribution is 2.31. The van der Waals surface area contributed by atoms with E-state index in [-0.39, 0.29) is 11.3 Å². The van der Waals surface area contributed by atoms with Crippen molar-refractivity contribution in [1.82, 2.24) is 10.2 Å². The molecular weight excluding hydrogens is 304 g/mol. The zero-order valence-electron chi connectivity index (χ0n) is 15.1. The van der Waals surface area contributed by atoms with Gasteiger partial charge in [0, 0.05) is 20.7 Å². The van der Waals surface area contributed by atoms with Crippen molar-refractivity contribution in [3.63, 3.8) is 0 Å². The van der Waals surface area contributed by atoms with E-state index in [0.29, 0.717) is 6.61 Å². The summed E-state index contributed by atoms with van der Waals surface area (Å²) < 4.78 is 10.5. The highest BCUT2D eigenvalue weighted by atomic mass is 16.5. The van der Waals surface area contributed by atoms with Crippen molar-refractivity contribution in [1.29, 1.82) is 0 Å². The standard InChI is InChI=1S/C19H30N2O3/c1-21(14-4-5-16-6-8-17(24-3)9-7-16)18(22)19(15-23-2)10-12-20-13-11-19/h6-9,20H,4-5,10-15H2,1-3H3. The first-order chi connectivity index (χ1) is 11.6. The van der Waals surface area contributed by atoms with Gasteiger partial charge >= 0.3 is 0 Å². The van der Waals surface area contributed by atoms with E-state index in [4.69, 9.17) is 9.47 Å². The third kappa shape index (κ3) is 4.71. The Morgan fingerprint density at radius 1 is 1.21 bits per heavy atom. The maximum atomic E-state index is 12.9. The Kier molecular flexibility index (Phi) is 7.06. The van der Waals surface area contributed by atoms with Crippen molar-refractivity contribution in [2.75, 3.05) is 47.5 Å². The summed E-state index contributed by atoms with van der Waals surface area (Å²) in [6.07, 6.45) is 3.61. The molecule has 134 valence electrons. The summed E-state index contributed by atoms with van der Waals surface area (Å²) in [7, 11) is 5.27. The first kappa shape index (κ1) is 18.7. The lowest BCUT2D eigenvalue weighted by molar-refractivity contribution is -0.146. The molecule has 0 aliphatic carbocycles. The Hall–Kier alpha value is -1.59. The lowest BCUT2D eigenvalue weighted by atomic mass is 9.78. The van der Waals surface area contributed by atoms with Crippen LogP contribution in [0.5, 0.6) is 5.75 Å². The number of ether oxygens (including phenoxy) is 2. The van der Waals surface area contributed by atoms with Crippen molar-refractivity contribution < 1.29 is 14.3 Å². The second kappa shape index (κ2) is 9.04. The molecule has 1 N–H and O–H groups in total. The Morgan fingerprint density at radius 3 is 2.46 bits per heavy atom. The zero-order chi connectivity index (χ0) is 17.4. The largest absolute Gasteiger partial charge is 0.497 e. The van der Waals surface area contributed by atoms with Gasteiger partial charge in [0.25, 0.3) is 0 Å². The molecule has 2 rings (SSSR count). The molecule has 1 aliphatic heterocycles. The van der Waals surface area contributed by atoms with Crippen molar-refractivity contribution in [2.45, 2.75) is 25.7 Å². The number of nitrogens with zero attached hydrogens (tertiary/aromatic N) is 1. The number of aryl methyl sites for hydroxylation is 1. The van der Waals surface area contributed by atoms with Gasteiger partial charge in [0.05, 0.1) is 19.1 Å². The molecule has 1 saturated heterocycles. The predicted molar refractivity (Wildman–Crippen MR) is 95.4 cm³/mol. The number of nitrogens with one attached hydrogen (secondary N) is 1. The maximum absolute atomic E-state index is 12.9. The second-order valence-electron chi connectivity index (χ2n) is 6.64. The molecule has 0 unspecified atom stereocenters. The third-order valence-electron chi connectivity index (χ3n) is 4.90. The number of hydrogen-bond donors (Lipinski definition) is 1. The Balaban J connectivity index is 1.85. The normalized spacial score (nSPS) is 16.6. The molecule has 1 amide bonds. The first-order valence-electron chi connectivity index (χ1n) is 8.69. The number of hydrogen-bond acceptors (Lipinski definition) is 4. The Labute approximate surface area is 145 Å². The van der Waals surface area contributed by atoms with Gasteiger partial charge in [0.1, 0.15) is 5.75 Å². The zero-order valence-corrected chi connectivity index (χ0v) is 15.1. The van der Waals surface area contributed by atoms with Gasteiger partial charge in [-0.3, -0.25) is 4.79 Å². The van der Waals surface area contributed by atoms with Crippen molar-refractivity contribution in [2.24, 2.45) is 5.41 Å². The van der Waals surface area contributed by atoms with Gasteiger partial charge in [-0.25, -0.2) is 0 Å². The number of piperidine rings is 1. The van der Waals surface area contributed by atoms with Crippen molar-refractivity contribution in [3.8, 4) is 5.75 Å². The Morgan fingerprint density at radius 2 is 1.88 bits per heavy atom. The minimum absolute atomic E-state index is 0.223. The fourth-order valence-electron chi connectivity index (χ4n) is 3.42. The van der Waals surface area contributed by atoms with Gasteiger partial charge in [-0.15, -0.1) is 0 Å². The summed E-state index contributed by atoms with van der Waals surface area (Å²) >= 11 is 0. The van der Waals surface area contributed by atoms with Crippen LogP contribution >= 0.6 is 0 Å². The number of amides is 1. The molecule has 0 atom stereocenters. The summed E-state index contributed by atoms with van der Waals surface area (Å²) in [6, 6.07) is 8.12. The molecule has 0 radical (unpaired) electrons. The van der Waals surface area contributed by atoms with E-state index in [0.717, 1.165) is 51.1 Å². The fourth-order valence-corrected chi connectivity index (χ4v) is 3.42. The quantitative estimate of drug-likeness (QED) is 0.791. The molecule has 1 fully saturated rings. The van der Waals surface area contributed by atoms with Crippen LogP contribution in [0, 0.1) is 5.41 Å². The van der Waals surface area contributed by atoms with E-state index in [1.165, 1.54) is 5.56 Å². The van der Waals surface area contributed by atoms with E-state index in [2.05, 4.69) is 17.4 Å². The number of rotatable bonds is 8. The van der Waals surface area contributed by atoms with Crippen LogP contribution in [-0.4, -0.2) is 58.3 Å². The van der Waals surface area contributed by atoms with Crippen LogP contribution in [-0.2, 0) is 16.0 Å². The van der Waals surface area contributed by atoms with Crippen LogP contribution in [0.25, 0.3) is 0 Å². The molecule has 0 spiro atoms. The lowest BCUT2D eigenvalue weighted by Gasteiger charge is -2.38. The minimum Gasteiger partial charge on any atom is -0.497 e. The van der Waals surface area contributed by atoms with Gasteiger partial charge in [-0.05, 0) is 56.5 Å². The van der Waals surface area contributed by atoms with E-state index < -0.39 is 0 Å².